The maximum atomic E-state index is 13.3. The fourth-order valence-electron chi connectivity index (χ4n) is 3.26. The van der Waals surface area contributed by atoms with Gasteiger partial charge in [0.15, 0.2) is 5.16 Å². The Balaban J connectivity index is 1.83. The van der Waals surface area contributed by atoms with E-state index in [-0.39, 0.29) is 17.3 Å². The number of methoxy groups -OCH3 is 1. The number of thiophene rings is 1. The van der Waals surface area contributed by atoms with Gasteiger partial charge in [-0.05, 0) is 30.4 Å². The molecule has 134 valence electrons. The largest absolute Gasteiger partial charge is 0.468 e. The second-order valence-corrected chi connectivity index (χ2v) is 8.20. The lowest BCUT2D eigenvalue weighted by Crippen LogP contribution is -2.24. The Labute approximate surface area is 159 Å². The van der Waals surface area contributed by atoms with Crippen LogP contribution in [0.2, 0.25) is 0 Å². The first-order valence-corrected chi connectivity index (χ1v) is 10.3. The summed E-state index contributed by atoms with van der Waals surface area (Å²) in [6.07, 6.45) is 3.08. The van der Waals surface area contributed by atoms with Crippen LogP contribution in [0.1, 0.15) is 22.4 Å². The lowest BCUT2D eigenvalue weighted by molar-refractivity contribution is -0.137. The average molecular weight is 386 g/mol. The molecule has 0 spiro atoms. The second kappa shape index (κ2) is 7.25. The summed E-state index contributed by atoms with van der Waals surface area (Å²) in [5.41, 5.74) is 2.20. The number of rotatable bonds is 5. The fraction of sp³-hybridized carbons (Fsp3) is 0.316. The van der Waals surface area contributed by atoms with E-state index in [1.165, 1.54) is 29.3 Å². The molecule has 0 unspecified atom stereocenters. The van der Waals surface area contributed by atoms with E-state index in [2.05, 4.69) is 0 Å². The van der Waals surface area contributed by atoms with E-state index >= 15 is 0 Å². The maximum Gasteiger partial charge on any atom is 0.316 e. The van der Waals surface area contributed by atoms with Crippen LogP contribution in [0.15, 0.2) is 40.3 Å². The van der Waals surface area contributed by atoms with Gasteiger partial charge in [0.2, 0.25) is 0 Å². The summed E-state index contributed by atoms with van der Waals surface area (Å²) in [4.78, 5) is 31.7. The molecule has 0 atom stereocenters. The highest BCUT2D eigenvalue weighted by atomic mass is 32.2. The molecule has 0 saturated carbocycles. The molecule has 3 aromatic rings. The summed E-state index contributed by atoms with van der Waals surface area (Å²) >= 11 is 2.87. The number of aromatic nitrogens is 2. The van der Waals surface area contributed by atoms with Crippen molar-refractivity contribution >= 4 is 39.3 Å². The van der Waals surface area contributed by atoms with E-state index in [1.54, 1.807) is 15.9 Å². The normalized spacial score (nSPS) is 13.1. The van der Waals surface area contributed by atoms with Crippen LogP contribution >= 0.6 is 23.1 Å². The molecule has 7 heteroatoms. The van der Waals surface area contributed by atoms with E-state index < -0.39 is 0 Å². The van der Waals surface area contributed by atoms with Gasteiger partial charge in [-0.2, -0.15) is 0 Å². The zero-order chi connectivity index (χ0) is 18.1. The second-order valence-electron chi connectivity index (χ2n) is 6.17. The summed E-state index contributed by atoms with van der Waals surface area (Å²) < 4.78 is 6.42. The molecule has 4 rings (SSSR count). The smallest absolute Gasteiger partial charge is 0.316 e. The highest BCUT2D eigenvalue weighted by Gasteiger charge is 2.23. The van der Waals surface area contributed by atoms with E-state index in [0.717, 1.165) is 35.0 Å². The van der Waals surface area contributed by atoms with Crippen LogP contribution < -0.4 is 5.56 Å². The number of nitrogens with zero attached hydrogens (tertiary/aromatic N) is 2. The molecule has 2 heterocycles. The highest BCUT2D eigenvalue weighted by Crippen LogP contribution is 2.35. The molecule has 0 amide bonds. The number of fused-ring (bicyclic) bond motifs is 3. The molecule has 2 aromatic heterocycles. The molecule has 26 heavy (non-hydrogen) atoms. The van der Waals surface area contributed by atoms with Gasteiger partial charge in [0, 0.05) is 4.88 Å². The van der Waals surface area contributed by atoms with Crippen LogP contribution in [0, 0.1) is 0 Å². The summed E-state index contributed by atoms with van der Waals surface area (Å²) in [7, 11) is 1.36. The SMILES string of the molecule is COC(=O)CSc1nc2sc3c(c2c(=O)n1Cc1ccccc1)CCC3. The van der Waals surface area contributed by atoms with E-state index in [9.17, 15) is 9.59 Å². The van der Waals surface area contributed by atoms with Gasteiger partial charge in [0.05, 0.1) is 24.8 Å². The third kappa shape index (κ3) is 3.17. The number of hydrogen-bond acceptors (Lipinski definition) is 6. The van der Waals surface area contributed by atoms with Gasteiger partial charge in [0.1, 0.15) is 4.83 Å². The Bertz CT molecular complexity index is 1020. The standard InChI is InChI=1S/C19H18N2O3S2/c1-24-15(22)11-25-19-20-17-16(13-8-5-9-14(13)26-17)18(23)21(19)10-12-6-3-2-4-7-12/h2-4,6-7H,5,8-11H2,1H3. The van der Waals surface area contributed by atoms with E-state index in [4.69, 9.17) is 9.72 Å². The number of thioether (sulfide) groups is 1. The van der Waals surface area contributed by atoms with Gasteiger partial charge in [-0.3, -0.25) is 14.2 Å². The van der Waals surface area contributed by atoms with Crippen molar-refractivity contribution in [3.05, 3.63) is 56.7 Å². The van der Waals surface area contributed by atoms with Crippen LogP contribution in [0.4, 0.5) is 0 Å². The Morgan fingerprint density at radius 3 is 2.88 bits per heavy atom. The molecule has 0 saturated heterocycles. The minimum atomic E-state index is -0.329. The Hall–Kier alpha value is -2.12. The van der Waals surface area contributed by atoms with Crippen LogP contribution in [-0.2, 0) is 28.9 Å². The lowest BCUT2D eigenvalue weighted by Gasteiger charge is -2.12. The van der Waals surface area contributed by atoms with Crippen molar-refractivity contribution < 1.29 is 9.53 Å². The first-order chi connectivity index (χ1) is 12.7. The summed E-state index contributed by atoms with van der Waals surface area (Å²) in [6.45, 7) is 0.441. The van der Waals surface area contributed by atoms with Gasteiger partial charge >= 0.3 is 5.97 Å². The zero-order valence-electron chi connectivity index (χ0n) is 14.4. The fourth-order valence-corrected chi connectivity index (χ4v) is 5.39. The number of benzene rings is 1. The summed E-state index contributed by atoms with van der Waals surface area (Å²) in [5.74, 6) is -0.196. The molecular weight excluding hydrogens is 368 g/mol. The van der Waals surface area contributed by atoms with Gasteiger partial charge in [-0.1, -0.05) is 42.1 Å². The number of carbonyl (C=O) groups excluding carboxylic acids is 1. The molecule has 1 aliphatic carbocycles. The van der Waals surface area contributed by atoms with Crippen molar-refractivity contribution in [3.8, 4) is 0 Å². The lowest BCUT2D eigenvalue weighted by atomic mass is 10.2. The van der Waals surface area contributed by atoms with Gasteiger partial charge in [0.25, 0.3) is 5.56 Å². The van der Waals surface area contributed by atoms with E-state index in [1.807, 2.05) is 30.3 Å². The molecule has 0 bridgehead atoms. The molecule has 1 aliphatic rings. The van der Waals surface area contributed by atoms with Crippen molar-refractivity contribution in [1.82, 2.24) is 9.55 Å². The Morgan fingerprint density at radius 2 is 2.12 bits per heavy atom. The van der Waals surface area contributed by atoms with Gasteiger partial charge in [-0.15, -0.1) is 11.3 Å². The first-order valence-electron chi connectivity index (χ1n) is 8.46. The van der Waals surface area contributed by atoms with Gasteiger partial charge in [-0.25, -0.2) is 4.98 Å². The minimum absolute atomic E-state index is 0.00869. The van der Waals surface area contributed by atoms with Crippen LogP contribution in [0.5, 0.6) is 0 Å². The maximum absolute atomic E-state index is 13.3. The van der Waals surface area contributed by atoms with Crippen LogP contribution in [-0.4, -0.2) is 28.4 Å². The monoisotopic (exact) mass is 386 g/mol. The molecule has 5 nitrogen and oxygen atoms in total. The number of carbonyl (C=O) groups is 1. The van der Waals surface area contributed by atoms with Crippen LogP contribution in [0.25, 0.3) is 10.2 Å². The average Bonchev–Trinajstić information content (AvgIpc) is 3.23. The highest BCUT2D eigenvalue weighted by molar-refractivity contribution is 7.99. The predicted molar refractivity (Wildman–Crippen MR) is 104 cm³/mol. The van der Waals surface area contributed by atoms with Gasteiger partial charge < -0.3 is 4.74 Å². The zero-order valence-corrected chi connectivity index (χ0v) is 16.0. The predicted octanol–water partition coefficient (Wildman–Crippen LogP) is 3.26. The third-order valence-electron chi connectivity index (χ3n) is 4.52. The Morgan fingerprint density at radius 1 is 1.31 bits per heavy atom. The molecule has 0 fully saturated rings. The number of hydrogen-bond donors (Lipinski definition) is 0. The van der Waals surface area contributed by atoms with E-state index in [0.29, 0.717) is 11.7 Å². The quantitative estimate of drug-likeness (QED) is 0.383. The minimum Gasteiger partial charge on any atom is -0.468 e. The first kappa shape index (κ1) is 17.3. The molecule has 1 aromatic carbocycles. The van der Waals surface area contributed by atoms with Crippen molar-refractivity contribution in [3.63, 3.8) is 0 Å². The van der Waals surface area contributed by atoms with Crippen molar-refractivity contribution in [2.24, 2.45) is 0 Å². The summed E-state index contributed by atoms with van der Waals surface area (Å²) in [6, 6.07) is 9.84. The molecular formula is C19H18N2O3S2. The topological polar surface area (TPSA) is 61.2 Å². The molecule has 0 N–H and O–H groups in total. The molecule has 0 aliphatic heterocycles. The number of aryl methyl sites for hydroxylation is 2. The van der Waals surface area contributed by atoms with Crippen molar-refractivity contribution in [2.45, 2.75) is 31.0 Å². The van der Waals surface area contributed by atoms with Crippen molar-refractivity contribution in [1.29, 1.82) is 0 Å². The number of esters is 1. The van der Waals surface area contributed by atoms with Crippen LogP contribution in [0.3, 0.4) is 0 Å². The number of ether oxygens (including phenoxy) is 1. The van der Waals surface area contributed by atoms with Crippen molar-refractivity contribution in [2.75, 3.05) is 12.9 Å². The Kier molecular flexibility index (Phi) is 4.82. The molecule has 0 radical (unpaired) electrons. The summed E-state index contributed by atoms with van der Waals surface area (Å²) in [5, 5.41) is 1.33. The third-order valence-corrected chi connectivity index (χ3v) is 6.66.